The quantitative estimate of drug-likeness (QED) is 0.375. The van der Waals surface area contributed by atoms with Crippen LogP contribution in [0, 0.1) is 6.92 Å². The van der Waals surface area contributed by atoms with Crippen LogP contribution in [0.4, 0.5) is 0 Å². The van der Waals surface area contributed by atoms with Gasteiger partial charge in [0.15, 0.2) is 0 Å². The van der Waals surface area contributed by atoms with Crippen LogP contribution in [0.1, 0.15) is 5.56 Å². The van der Waals surface area contributed by atoms with Gasteiger partial charge in [0, 0.05) is 0 Å². The molecule has 0 aromatic heterocycles. The average molecular weight is 130 g/mol. The van der Waals surface area contributed by atoms with E-state index >= 15 is 0 Å². The van der Waals surface area contributed by atoms with E-state index in [0.29, 0.717) is 0 Å². The first kappa shape index (κ1) is 9.02. The molecule has 0 fully saturated rings. The summed E-state index contributed by atoms with van der Waals surface area (Å²) >= 11 is 0. The summed E-state index contributed by atoms with van der Waals surface area (Å²) < 4.78 is 0. The molecule has 0 aliphatic rings. The fourth-order valence-electron chi connectivity index (χ4n) is 0.556. The van der Waals surface area contributed by atoms with E-state index in [0.717, 1.165) is 5.56 Å². The maximum atomic E-state index is 10.6. The van der Waals surface area contributed by atoms with Crippen molar-refractivity contribution in [2.75, 3.05) is 0 Å². The molecule has 0 saturated heterocycles. The summed E-state index contributed by atoms with van der Waals surface area (Å²) in [6.45, 7) is 1.81. The minimum Gasteiger partial charge on any atom is -0.872 e. The molecule has 0 heterocycles. The number of para-hydroxylation sites is 1. The Morgan fingerprint density at radius 3 is 2.11 bits per heavy atom. The molecular weight excluding hydrogens is 123 g/mol. The summed E-state index contributed by atoms with van der Waals surface area (Å²) in [5, 5.41) is 10.6. The van der Waals surface area contributed by atoms with Gasteiger partial charge in [0.2, 0.25) is 0 Å². The Morgan fingerprint density at radius 1 is 1.22 bits per heavy atom. The third-order valence-electron chi connectivity index (χ3n) is 1.09. The maximum Gasteiger partial charge on any atom is 1.00 e. The molecule has 0 amide bonds. The van der Waals surface area contributed by atoms with Gasteiger partial charge in [0.25, 0.3) is 0 Å². The zero-order valence-corrected chi connectivity index (χ0v) is 7.72. The molecular formula is C7H7NaO. The molecule has 1 nitrogen and oxygen atoms in total. The SMILES string of the molecule is Cc1ccccc1[O-].[Na+]. The molecule has 1 rings (SSSR count). The van der Waals surface area contributed by atoms with Crippen LogP contribution in [0.3, 0.4) is 0 Å². The van der Waals surface area contributed by atoms with Gasteiger partial charge in [-0.1, -0.05) is 29.8 Å². The van der Waals surface area contributed by atoms with E-state index < -0.39 is 0 Å². The number of benzene rings is 1. The predicted octanol–water partition coefficient (Wildman–Crippen LogP) is -1.93. The molecule has 0 unspecified atom stereocenters. The number of hydrogen-bond donors (Lipinski definition) is 0. The summed E-state index contributed by atoms with van der Waals surface area (Å²) in [6, 6.07) is 6.98. The van der Waals surface area contributed by atoms with Crippen LogP contribution < -0.4 is 34.7 Å². The second-order valence-electron chi connectivity index (χ2n) is 1.77. The van der Waals surface area contributed by atoms with Crippen LogP contribution in [0.2, 0.25) is 0 Å². The molecule has 0 spiro atoms. The average Bonchev–Trinajstić information content (AvgIpc) is 1.77. The van der Waals surface area contributed by atoms with Crippen molar-refractivity contribution in [3.05, 3.63) is 29.8 Å². The van der Waals surface area contributed by atoms with Crippen molar-refractivity contribution in [1.82, 2.24) is 0 Å². The minimum absolute atomic E-state index is 0. The predicted molar refractivity (Wildman–Crippen MR) is 30.6 cm³/mol. The number of hydrogen-bond acceptors (Lipinski definition) is 1. The van der Waals surface area contributed by atoms with Gasteiger partial charge in [0.1, 0.15) is 0 Å². The summed E-state index contributed by atoms with van der Waals surface area (Å²) in [6.07, 6.45) is 0. The molecule has 0 bridgehead atoms. The Labute approximate surface area is 77.0 Å². The Balaban J connectivity index is 0.000000640. The topological polar surface area (TPSA) is 23.1 Å². The molecule has 0 N–H and O–H groups in total. The van der Waals surface area contributed by atoms with Gasteiger partial charge in [-0.05, 0) is 6.92 Å². The normalized spacial score (nSPS) is 8.11. The Hall–Kier alpha value is 0.0200. The molecule has 0 atom stereocenters. The second-order valence-corrected chi connectivity index (χ2v) is 1.77. The van der Waals surface area contributed by atoms with Crippen molar-refractivity contribution in [3.63, 3.8) is 0 Å². The van der Waals surface area contributed by atoms with Gasteiger partial charge < -0.3 is 5.11 Å². The van der Waals surface area contributed by atoms with Crippen molar-refractivity contribution in [3.8, 4) is 5.75 Å². The van der Waals surface area contributed by atoms with Crippen molar-refractivity contribution in [2.45, 2.75) is 6.92 Å². The van der Waals surface area contributed by atoms with E-state index in [9.17, 15) is 5.11 Å². The molecule has 2 heteroatoms. The summed E-state index contributed by atoms with van der Waals surface area (Å²) in [5.74, 6) is 0.118. The molecule has 0 aliphatic carbocycles. The van der Waals surface area contributed by atoms with E-state index in [1.54, 1.807) is 12.1 Å². The largest absolute Gasteiger partial charge is 1.00 e. The van der Waals surface area contributed by atoms with Crippen LogP contribution in [0.15, 0.2) is 24.3 Å². The summed E-state index contributed by atoms with van der Waals surface area (Å²) in [4.78, 5) is 0. The van der Waals surface area contributed by atoms with E-state index in [1.165, 1.54) is 0 Å². The minimum atomic E-state index is 0. The van der Waals surface area contributed by atoms with E-state index in [1.807, 2.05) is 19.1 Å². The molecule has 1 aromatic rings. The smallest absolute Gasteiger partial charge is 0.872 e. The Bertz CT molecular complexity index is 165. The molecule has 0 saturated carbocycles. The third-order valence-corrected chi connectivity index (χ3v) is 1.09. The first-order chi connectivity index (χ1) is 3.80. The van der Waals surface area contributed by atoms with Gasteiger partial charge >= 0.3 is 29.6 Å². The fraction of sp³-hybridized carbons (Fsp3) is 0.143. The molecule has 0 aliphatic heterocycles. The van der Waals surface area contributed by atoms with Crippen LogP contribution in [-0.4, -0.2) is 0 Å². The fourth-order valence-corrected chi connectivity index (χ4v) is 0.556. The molecule has 9 heavy (non-hydrogen) atoms. The van der Waals surface area contributed by atoms with Crippen molar-refractivity contribution in [2.24, 2.45) is 0 Å². The van der Waals surface area contributed by atoms with Gasteiger partial charge in [-0.2, -0.15) is 0 Å². The van der Waals surface area contributed by atoms with Crippen LogP contribution >= 0.6 is 0 Å². The zero-order valence-electron chi connectivity index (χ0n) is 5.72. The standard InChI is InChI=1S/C7H8O.Na/c1-6-4-2-3-5-7(6)8;/h2-5,8H,1H3;/q;+1/p-1. The third kappa shape index (κ3) is 2.39. The van der Waals surface area contributed by atoms with Crippen molar-refractivity contribution in [1.29, 1.82) is 0 Å². The molecule has 1 aromatic carbocycles. The Kier molecular flexibility index (Phi) is 3.95. The molecule has 0 radical (unpaired) electrons. The van der Waals surface area contributed by atoms with Crippen LogP contribution in [-0.2, 0) is 0 Å². The Morgan fingerprint density at radius 2 is 1.78 bits per heavy atom. The van der Waals surface area contributed by atoms with Gasteiger partial charge in [-0.25, -0.2) is 0 Å². The summed E-state index contributed by atoms with van der Waals surface area (Å²) in [5.41, 5.74) is 0.813. The second kappa shape index (κ2) is 3.94. The van der Waals surface area contributed by atoms with Gasteiger partial charge in [0.05, 0.1) is 0 Å². The van der Waals surface area contributed by atoms with E-state index in [2.05, 4.69) is 0 Å². The number of rotatable bonds is 0. The summed E-state index contributed by atoms with van der Waals surface area (Å²) in [7, 11) is 0. The zero-order chi connectivity index (χ0) is 5.98. The molecule has 42 valence electrons. The first-order valence-corrected chi connectivity index (χ1v) is 2.53. The monoisotopic (exact) mass is 130 g/mol. The van der Waals surface area contributed by atoms with Crippen molar-refractivity contribution < 1.29 is 34.7 Å². The van der Waals surface area contributed by atoms with Crippen LogP contribution in [0.5, 0.6) is 5.75 Å². The maximum absolute atomic E-state index is 10.6. The number of aryl methyl sites for hydroxylation is 1. The van der Waals surface area contributed by atoms with Crippen LogP contribution in [0.25, 0.3) is 0 Å². The van der Waals surface area contributed by atoms with E-state index in [-0.39, 0.29) is 35.3 Å². The van der Waals surface area contributed by atoms with Gasteiger partial charge in [-0.15, -0.1) is 5.75 Å². The first-order valence-electron chi connectivity index (χ1n) is 2.53. The van der Waals surface area contributed by atoms with Crippen molar-refractivity contribution >= 4 is 0 Å². The van der Waals surface area contributed by atoms with E-state index in [4.69, 9.17) is 0 Å². The van der Waals surface area contributed by atoms with Gasteiger partial charge in [-0.3, -0.25) is 0 Å².